The minimum absolute atomic E-state index is 0.0743. The lowest BCUT2D eigenvalue weighted by Crippen LogP contribution is -2.32. The van der Waals surface area contributed by atoms with E-state index >= 15 is 0 Å². The Bertz CT molecular complexity index is 1040. The predicted octanol–water partition coefficient (Wildman–Crippen LogP) is 5.79. The average molecular weight is 465 g/mol. The topological polar surface area (TPSA) is 96.1 Å². The van der Waals surface area contributed by atoms with Gasteiger partial charge >= 0.3 is 0 Å². The Morgan fingerprint density at radius 2 is 2.15 bits per heavy atom. The zero-order valence-electron chi connectivity index (χ0n) is 18.6. The molecule has 1 fully saturated rings. The predicted molar refractivity (Wildman–Crippen MR) is 138 cm³/mol. The van der Waals surface area contributed by atoms with Crippen molar-refractivity contribution in [2.75, 3.05) is 29.1 Å². The number of nitrogens with two attached hydrogens (primary N) is 1. The molecule has 172 valence electrons. The number of hydrogen-bond donors (Lipinski definition) is 2. The molecule has 0 amide bonds. The van der Waals surface area contributed by atoms with E-state index in [4.69, 9.17) is 10.5 Å². The molecular weight excluding hydrogens is 436 g/mol. The summed E-state index contributed by atoms with van der Waals surface area (Å²) in [5.74, 6) is 1.63. The summed E-state index contributed by atoms with van der Waals surface area (Å²) in [5, 5.41) is 9.86. The van der Waals surface area contributed by atoms with Crippen LogP contribution in [0.4, 0.5) is 22.9 Å². The van der Waals surface area contributed by atoms with Gasteiger partial charge in [0.2, 0.25) is 0 Å². The largest absolute Gasteiger partial charge is 0.457 e. The highest BCUT2D eigenvalue weighted by Gasteiger charge is 2.31. The number of nitrogen functional groups attached to an aromatic ring is 1. The summed E-state index contributed by atoms with van der Waals surface area (Å²) in [6.45, 7) is 10.9. The summed E-state index contributed by atoms with van der Waals surface area (Å²) < 4.78 is 8.01. The number of nitroso groups, excluding NO2 is 1. The fourth-order valence-electron chi connectivity index (χ4n) is 3.50. The second-order valence-corrected chi connectivity index (χ2v) is 8.24. The van der Waals surface area contributed by atoms with Gasteiger partial charge in [0.1, 0.15) is 23.0 Å². The van der Waals surface area contributed by atoms with Crippen molar-refractivity contribution in [3.63, 3.8) is 0 Å². The molecule has 9 heteroatoms. The first kappa shape index (κ1) is 24.1. The number of benzene rings is 1. The Labute approximate surface area is 198 Å². The minimum atomic E-state index is -0.0743. The molecule has 3 rings (SSSR count). The van der Waals surface area contributed by atoms with Crippen molar-refractivity contribution in [3.05, 3.63) is 90.1 Å². The number of rotatable bonds is 11. The van der Waals surface area contributed by atoms with Gasteiger partial charge in [-0.05, 0) is 61.2 Å². The number of allylic oxidation sites excluding steroid dienone is 4. The van der Waals surface area contributed by atoms with Gasteiger partial charge in [-0.15, -0.1) is 4.91 Å². The molecule has 0 bridgehead atoms. The fourth-order valence-corrected chi connectivity index (χ4v) is 4.18. The molecular formula is C24H28N6O2S. The van der Waals surface area contributed by atoms with Crippen molar-refractivity contribution < 1.29 is 4.74 Å². The van der Waals surface area contributed by atoms with Gasteiger partial charge in [0, 0.05) is 25.0 Å². The molecule has 8 nitrogen and oxygen atoms in total. The first-order valence-corrected chi connectivity index (χ1v) is 11.3. The standard InChI is InChI=1S/C24H28N6O2S/c1-4-7-20(8-5-2)32-21-11-9-18(10-12-21)27-23-22(13-15-26-24(23)25)30(28-31)19-14-16-29(17-19)33-6-3/h4-13,15,19,27H,1,3,14,16-17H2,2H3,(H2,25,26)/b8-5-,20-7+. The van der Waals surface area contributed by atoms with E-state index in [1.165, 1.54) is 17.0 Å². The Morgan fingerprint density at radius 1 is 1.36 bits per heavy atom. The lowest BCUT2D eigenvalue weighted by atomic mass is 10.2. The van der Waals surface area contributed by atoms with Crippen LogP contribution in [0, 0.1) is 4.91 Å². The monoisotopic (exact) mass is 464 g/mol. The van der Waals surface area contributed by atoms with E-state index < -0.39 is 0 Å². The first-order chi connectivity index (χ1) is 16.1. The van der Waals surface area contributed by atoms with E-state index in [2.05, 4.69) is 33.0 Å². The number of ether oxygens (including phenoxy) is 1. The molecule has 1 aromatic heterocycles. The van der Waals surface area contributed by atoms with Crippen LogP contribution in [0.5, 0.6) is 5.75 Å². The second-order valence-electron chi connectivity index (χ2n) is 7.18. The average Bonchev–Trinajstić information content (AvgIpc) is 3.26. The van der Waals surface area contributed by atoms with Crippen LogP contribution in [0.2, 0.25) is 0 Å². The molecule has 1 aromatic carbocycles. The van der Waals surface area contributed by atoms with E-state index in [-0.39, 0.29) is 11.9 Å². The highest BCUT2D eigenvalue weighted by molar-refractivity contribution is 7.99. The first-order valence-electron chi connectivity index (χ1n) is 10.5. The van der Waals surface area contributed by atoms with E-state index in [1.807, 2.05) is 43.3 Å². The highest BCUT2D eigenvalue weighted by Crippen LogP contribution is 2.36. The molecule has 1 aliphatic heterocycles. The molecule has 1 atom stereocenters. The van der Waals surface area contributed by atoms with Crippen LogP contribution in [0.3, 0.4) is 0 Å². The number of nitrogens with zero attached hydrogens (tertiary/aromatic N) is 4. The molecule has 1 saturated heterocycles. The number of pyridine rings is 1. The Balaban J connectivity index is 1.80. The van der Waals surface area contributed by atoms with Crippen molar-refractivity contribution in [1.29, 1.82) is 0 Å². The maximum absolute atomic E-state index is 11.8. The van der Waals surface area contributed by atoms with Crippen molar-refractivity contribution in [2.45, 2.75) is 19.4 Å². The smallest absolute Gasteiger partial charge is 0.149 e. The molecule has 0 radical (unpaired) electrons. The van der Waals surface area contributed by atoms with Crippen LogP contribution in [0.1, 0.15) is 13.3 Å². The van der Waals surface area contributed by atoms with Gasteiger partial charge < -0.3 is 15.8 Å². The summed E-state index contributed by atoms with van der Waals surface area (Å²) in [7, 11) is 0. The molecule has 2 aromatic rings. The number of anilines is 4. The Hall–Kier alpha value is -3.56. The summed E-state index contributed by atoms with van der Waals surface area (Å²) in [6.07, 6.45) is 9.58. The molecule has 1 aliphatic rings. The number of nitrogens with one attached hydrogen (secondary N) is 1. The summed E-state index contributed by atoms with van der Waals surface area (Å²) >= 11 is 1.54. The van der Waals surface area contributed by atoms with Crippen LogP contribution < -0.4 is 20.8 Å². The molecule has 3 N–H and O–H groups in total. The second kappa shape index (κ2) is 11.9. The van der Waals surface area contributed by atoms with Gasteiger partial charge in [-0.25, -0.2) is 14.3 Å². The lowest BCUT2D eigenvalue weighted by Gasteiger charge is -2.25. The third-order valence-electron chi connectivity index (χ3n) is 4.96. The van der Waals surface area contributed by atoms with Gasteiger partial charge in [-0.2, -0.15) is 0 Å². The fraction of sp³-hybridized carbons (Fsp3) is 0.208. The van der Waals surface area contributed by atoms with Crippen molar-refractivity contribution in [2.24, 2.45) is 5.29 Å². The van der Waals surface area contributed by atoms with Crippen LogP contribution in [0.25, 0.3) is 0 Å². The van der Waals surface area contributed by atoms with Gasteiger partial charge in [0.05, 0.1) is 17.0 Å². The Morgan fingerprint density at radius 3 is 2.82 bits per heavy atom. The van der Waals surface area contributed by atoms with E-state index in [9.17, 15) is 4.91 Å². The van der Waals surface area contributed by atoms with Crippen LogP contribution in [-0.2, 0) is 0 Å². The molecule has 1 unspecified atom stereocenters. The Kier molecular flexibility index (Phi) is 8.68. The van der Waals surface area contributed by atoms with Crippen LogP contribution in [0.15, 0.2) is 90.4 Å². The molecule has 0 aliphatic carbocycles. The van der Waals surface area contributed by atoms with Crippen molar-refractivity contribution >= 4 is 34.8 Å². The van der Waals surface area contributed by atoms with Gasteiger partial charge in [0.15, 0.2) is 0 Å². The third-order valence-corrected chi connectivity index (χ3v) is 5.74. The summed E-state index contributed by atoms with van der Waals surface area (Å²) in [4.78, 5) is 16.0. The van der Waals surface area contributed by atoms with E-state index in [0.29, 0.717) is 29.4 Å². The normalized spacial score (nSPS) is 16.5. The minimum Gasteiger partial charge on any atom is -0.457 e. The maximum atomic E-state index is 11.8. The molecule has 0 saturated carbocycles. The van der Waals surface area contributed by atoms with Gasteiger partial charge in [-0.3, -0.25) is 0 Å². The molecule has 0 spiro atoms. The van der Waals surface area contributed by atoms with Gasteiger partial charge in [-0.1, -0.05) is 37.3 Å². The maximum Gasteiger partial charge on any atom is 0.149 e. The molecule has 2 heterocycles. The summed E-state index contributed by atoms with van der Waals surface area (Å²) in [6, 6.07) is 9.07. The molecule has 33 heavy (non-hydrogen) atoms. The number of hydrogen-bond acceptors (Lipinski definition) is 8. The quantitative estimate of drug-likeness (QED) is 0.142. The summed E-state index contributed by atoms with van der Waals surface area (Å²) in [5.41, 5.74) is 8.06. The highest BCUT2D eigenvalue weighted by atomic mass is 32.2. The van der Waals surface area contributed by atoms with Crippen molar-refractivity contribution in [3.8, 4) is 5.75 Å². The number of aromatic nitrogens is 1. The zero-order chi connectivity index (χ0) is 23.6. The SMILES string of the molecule is C=C/C=C(\C=C/C)Oc1ccc(Nc2c(N(N=O)C3CCN(SC=C)C3)ccnc2N)cc1. The van der Waals surface area contributed by atoms with Crippen molar-refractivity contribution in [1.82, 2.24) is 9.29 Å². The van der Waals surface area contributed by atoms with E-state index in [0.717, 1.165) is 18.7 Å². The van der Waals surface area contributed by atoms with Gasteiger partial charge in [0.25, 0.3) is 0 Å². The van der Waals surface area contributed by atoms with Crippen LogP contribution >= 0.6 is 11.9 Å². The third kappa shape index (κ3) is 6.24. The zero-order valence-corrected chi connectivity index (χ0v) is 19.4. The lowest BCUT2D eigenvalue weighted by molar-refractivity contribution is 0.444. The van der Waals surface area contributed by atoms with E-state index in [1.54, 1.807) is 29.8 Å². The van der Waals surface area contributed by atoms with Crippen LogP contribution in [-0.4, -0.2) is 28.4 Å².